The summed E-state index contributed by atoms with van der Waals surface area (Å²) in [5.41, 5.74) is 0. The Morgan fingerprint density at radius 3 is 2.44 bits per heavy atom. The maximum absolute atomic E-state index is 11.0. The first-order chi connectivity index (χ1) is 7.40. The number of rotatable bonds is 3. The van der Waals surface area contributed by atoms with E-state index in [2.05, 4.69) is 10.2 Å². The quantitative estimate of drug-likeness (QED) is 0.729. The zero-order valence-electron chi connectivity index (χ0n) is 10.1. The molecule has 2 N–H and O–H groups in total. The van der Waals surface area contributed by atoms with Crippen molar-refractivity contribution in [1.82, 2.24) is 10.2 Å². The lowest BCUT2D eigenvalue weighted by molar-refractivity contribution is -0.144. The largest absolute Gasteiger partial charge is 0.481 e. The summed E-state index contributed by atoms with van der Waals surface area (Å²) >= 11 is 0. The van der Waals surface area contributed by atoms with Crippen molar-refractivity contribution in [2.75, 3.05) is 13.1 Å². The molecule has 0 aromatic carbocycles. The summed E-state index contributed by atoms with van der Waals surface area (Å²) < 4.78 is 0. The molecule has 5 nitrogen and oxygen atoms in total. The highest BCUT2D eigenvalue weighted by molar-refractivity contribution is 5.74. The molecule has 16 heavy (non-hydrogen) atoms. The molecular formula is C11H20N2O3. The Labute approximate surface area is 95.8 Å². The summed E-state index contributed by atoms with van der Waals surface area (Å²) in [7, 11) is 0. The third-order valence-electron chi connectivity index (χ3n) is 2.97. The van der Waals surface area contributed by atoms with Gasteiger partial charge in [-0.3, -0.25) is 14.5 Å². The van der Waals surface area contributed by atoms with Gasteiger partial charge in [0.1, 0.15) is 0 Å². The third kappa shape index (κ3) is 3.48. The molecule has 1 rings (SSSR count). The highest BCUT2D eigenvalue weighted by Crippen LogP contribution is 2.19. The maximum Gasteiger partial charge on any atom is 0.307 e. The molecular weight excluding hydrogens is 208 g/mol. The molecule has 5 heteroatoms. The van der Waals surface area contributed by atoms with Crippen molar-refractivity contribution in [3.63, 3.8) is 0 Å². The van der Waals surface area contributed by atoms with Gasteiger partial charge in [-0.1, -0.05) is 0 Å². The summed E-state index contributed by atoms with van der Waals surface area (Å²) in [6.07, 6.45) is 0.526. The van der Waals surface area contributed by atoms with Crippen LogP contribution >= 0.6 is 0 Å². The first kappa shape index (κ1) is 13.0. The van der Waals surface area contributed by atoms with Crippen molar-refractivity contribution in [2.24, 2.45) is 5.92 Å². The van der Waals surface area contributed by atoms with E-state index in [1.807, 2.05) is 13.8 Å². The smallest absolute Gasteiger partial charge is 0.307 e. The predicted molar refractivity (Wildman–Crippen MR) is 60.1 cm³/mol. The number of nitrogens with zero attached hydrogens (tertiary/aromatic N) is 1. The topological polar surface area (TPSA) is 69.6 Å². The zero-order valence-corrected chi connectivity index (χ0v) is 10.1. The highest BCUT2D eigenvalue weighted by Gasteiger charge is 2.32. The van der Waals surface area contributed by atoms with Crippen LogP contribution in [0.1, 0.15) is 27.2 Å². The van der Waals surface area contributed by atoms with Crippen LogP contribution in [0.25, 0.3) is 0 Å². The van der Waals surface area contributed by atoms with Gasteiger partial charge in [0.05, 0.1) is 5.92 Å². The van der Waals surface area contributed by atoms with Gasteiger partial charge in [0, 0.05) is 32.1 Å². The Balaban J connectivity index is 2.66. The van der Waals surface area contributed by atoms with Gasteiger partial charge in [0.25, 0.3) is 0 Å². The van der Waals surface area contributed by atoms with Crippen LogP contribution in [-0.4, -0.2) is 47.1 Å². The monoisotopic (exact) mass is 228 g/mol. The molecule has 1 amide bonds. The SMILES string of the molecule is CC(=O)NC1CC(C(=O)O)CN(C(C)C)C1. The Bertz CT molecular complexity index is 278. The molecule has 2 unspecified atom stereocenters. The normalized spacial score (nSPS) is 26.8. The molecule has 1 saturated heterocycles. The van der Waals surface area contributed by atoms with Crippen LogP contribution in [0.5, 0.6) is 0 Å². The van der Waals surface area contributed by atoms with Crippen molar-refractivity contribution in [3.8, 4) is 0 Å². The number of carbonyl (C=O) groups excluding carboxylic acids is 1. The van der Waals surface area contributed by atoms with Crippen molar-refractivity contribution in [2.45, 2.75) is 39.3 Å². The number of hydrogen-bond donors (Lipinski definition) is 2. The number of carboxylic acid groups (broad SMARTS) is 1. The van der Waals surface area contributed by atoms with Crippen LogP contribution in [0.15, 0.2) is 0 Å². The predicted octanol–water partition coefficient (Wildman–Crippen LogP) is 0.306. The summed E-state index contributed by atoms with van der Waals surface area (Å²) in [6.45, 7) is 6.85. The molecule has 1 aliphatic heterocycles. The van der Waals surface area contributed by atoms with Crippen LogP contribution < -0.4 is 5.32 Å². The summed E-state index contributed by atoms with van der Waals surface area (Å²) in [5.74, 6) is -1.26. The molecule has 1 aliphatic rings. The second-order valence-electron chi connectivity index (χ2n) is 4.72. The molecule has 0 saturated carbocycles. The molecule has 0 aromatic heterocycles. The summed E-state index contributed by atoms with van der Waals surface area (Å²) in [5, 5.41) is 11.9. The van der Waals surface area contributed by atoms with E-state index in [0.29, 0.717) is 19.0 Å². The van der Waals surface area contributed by atoms with Gasteiger partial charge in [-0.25, -0.2) is 0 Å². The Hall–Kier alpha value is -1.10. The average Bonchev–Trinajstić information content (AvgIpc) is 2.15. The highest BCUT2D eigenvalue weighted by atomic mass is 16.4. The van der Waals surface area contributed by atoms with Gasteiger partial charge in [-0.2, -0.15) is 0 Å². The molecule has 2 atom stereocenters. The van der Waals surface area contributed by atoms with E-state index < -0.39 is 5.97 Å². The number of hydrogen-bond acceptors (Lipinski definition) is 3. The van der Waals surface area contributed by atoms with Crippen LogP contribution in [0.4, 0.5) is 0 Å². The van der Waals surface area contributed by atoms with E-state index in [0.717, 1.165) is 6.54 Å². The number of aliphatic carboxylic acids is 1. The van der Waals surface area contributed by atoms with E-state index in [4.69, 9.17) is 5.11 Å². The molecule has 0 radical (unpaired) electrons. The minimum atomic E-state index is -0.777. The van der Waals surface area contributed by atoms with E-state index >= 15 is 0 Å². The van der Waals surface area contributed by atoms with Gasteiger partial charge >= 0.3 is 5.97 Å². The first-order valence-corrected chi connectivity index (χ1v) is 5.64. The van der Waals surface area contributed by atoms with E-state index in [1.165, 1.54) is 6.92 Å². The Morgan fingerprint density at radius 1 is 1.38 bits per heavy atom. The van der Waals surface area contributed by atoms with Gasteiger partial charge in [-0.05, 0) is 20.3 Å². The van der Waals surface area contributed by atoms with Crippen LogP contribution in [-0.2, 0) is 9.59 Å². The lowest BCUT2D eigenvalue weighted by Gasteiger charge is -2.38. The lowest BCUT2D eigenvalue weighted by Crippen LogP contribution is -2.53. The van der Waals surface area contributed by atoms with Gasteiger partial charge < -0.3 is 10.4 Å². The number of carbonyl (C=O) groups is 2. The minimum absolute atomic E-state index is 0.0465. The average molecular weight is 228 g/mol. The Kier molecular flexibility index (Phi) is 4.29. The third-order valence-corrected chi connectivity index (χ3v) is 2.97. The van der Waals surface area contributed by atoms with Crippen LogP contribution in [0, 0.1) is 5.92 Å². The summed E-state index contributed by atoms with van der Waals surface area (Å²) in [4.78, 5) is 24.1. The maximum atomic E-state index is 11.0. The fraction of sp³-hybridized carbons (Fsp3) is 0.818. The number of amides is 1. The molecule has 1 heterocycles. The molecule has 0 aromatic rings. The minimum Gasteiger partial charge on any atom is -0.481 e. The number of piperidine rings is 1. The van der Waals surface area contributed by atoms with Crippen molar-refractivity contribution < 1.29 is 14.7 Å². The second-order valence-corrected chi connectivity index (χ2v) is 4.72. The van der Waals surface area contributed by atoms with E-state index in [-0.39, 0.29) is 17.9 Å². The van der Waals surface area contributed by atoms with Crippen LogP contribution in [0.2, 0.25) is 0 Å². The van der Waals surface area contributed by atoms with Crippen molar-refractivity contribution in [1.29, 1.82) is 0 Å². The van der Waals surface area contributed by atoms with Crippen molar-refractivity contribution in [3.05, 3.63) is 0 Å². The van der Waals surface area contributed by atoms with Gasteiger partial charge in [-0.15, -0.1) is 0 Å². The number of nitrogens with one attached hydrogen (secondary N) is 1. The fourth-order valence-electron chi connectivity index (χ4n) is 2.13. The molecule has 1 fully saturated rings. The molecule has 0 aliphatic carbocycles. The molecule has 92 valence electrons. The zero-order chi connectivity index (χ0) is 12.3. The van der Waals surface area contributed by atoms with E-state index in [9.17, 15) is 9.59 Å². The second kappa shape index (κ2) is 5.30. The van der Waals surface area contributed by atoms with Crippen molar-refractivity contribution >= 4 is 11.9 Å². The standard InChI is InChI=1S/C11H20N2O3/c1-7(2)13-5-9(11(15)16)4-10(6-13)12-8(3)14/h7,9-10H,4-6H2,1-3H3,(H,12,14)(H,15,16). The van der Waals surface area contributed by atoms with Gasteiger partial charge in [0.2, 0.25) is 5.91 Å². The first-order valence-electron chi connectivity index (χ1n) is 5.64. The number of carboxylic acids is 1. The lowest BCUT2D eigenvalue weighted by atomic mass is 9.93. The van der Waals surface area contributed by atoms with Gasteiger partial charge in [0.15, 0.2) is 0 Å². The fourth-order valence-corrected chi connectivity index (χ4v) is 2.13. The number of likely N-dealkylation sites (tertiary alicyclic amines) is 1. The molecule has 0 spiro atoms. The molecule has 0 bridgehead atoms. The van der Waals surface area contributed by atoms with E-state index in [1.54, 1.807) is 0 Å². The summed E-state index contributed by atoms with van der Waals surface area (Å²) in [6, 6.07) is 0.258. The Morgan fingerprint density at radius 2 is 2.00 bits per heavy atom. The van der Waals surface area contributed by atoms with Crippen LogP contribution in [0.3, 0.4) is 0 Å².